The summed E-state index contributed by atoms with van der Waals surface area (Å²) >= 11 is 3.64. The minimum absolute atomic E-state index is 0.104. The largest absolute Gasteiger partial charge is 0.507 e. The monoisotopic (exact) mass is 320 g/mol. The SMILES string of the molecule is CCC1(CC)OC(Br)c2c1cc(O)c1ccccc21. The van der Waals surface area contributed by atoms with Crippen LogP contribution < -0.4 is 0 Å². The average Bonchev–Trinajstić information content (AvgIpc) is 2.72. The predicted molar refractivity (Wildman–Crippen MR) is 80.6 cm³/mol. The summed E-state index contributed by atoms with van der Waals surface area (Å²) in [5.74, 6) is 0.339. The van der Waals surface area contributed by atoms with Crippen molar-refractivity contribution in [2.24, 2.45) is 0 Å². The Morgan fingerprint density at radius 3 is 2.47 bits per heavy atom. The van der Waals surface area contributed by atoms with E-state index < -0.39 is 0 Å². The molecule has 0 aromatic heterocycles. The Morgan fingerprint density at radius 2 is 1.84 bits per heavy atom. The van der Waals surface area contributed by atoms with E-state index in [2.05, 4.69) is 29.8 Å². The zero-order valence-corrected chi connectivity index (χ0v) is 12.7. The number of aromatic hydroxyl groups is 1. The fraction of sp³-hybridized carbons (Fsp3) is 0.375. The van der Waals surface area contributed by atoms with Crippen LogP contribution in [0.2, 0.25) is 0 Å². The number of rotatable bonds is 2. The molecule has 0 spiro atoms. The second-order valence-electron chi connectivity index (χ2n) is 5.04. The van der Waals surface area contributed by atoms with E-state index in [1.165, 1.54) is 0 Å². The Morgan fingerprint density at radius 1 is 1.21 bits per heavy atom. The summed E-state index contributed by atoms with van der Waals surface area (Å²) in [5.41, 5.74) is 2.00. The fourth-order valence-electron chi connectivity index (χ4n) is 3.12. The molecule has 3 heteroatoms. The second-order valence-corrected chi connectivity index (χ2v) is 5.87. The predicted octanol–water partition coefficient (Wildman–Crippen LogP) is 4.98. The number of phenols is 1. The van der Waals surface area contributed by atoms with Crippen molar-refractivity contribution < 1.29 is 9.84 Å². The van der Waals surface area contributed by atoms with Crippen molar-refractivity contribution in [3.63, 3.8) is 0 Å². The number of hydrogen-bond donors (Lipinski definition) is 1. The molecule has 0 fully saturated rings. The Balaban J connectivity index is 2.38. The smallest absolute Gasteiger partial charge is 0.139 e. The van der Waals surface area contributed by atoms with Crippen LogP contribution in [0.5, 0.6) is 5.75 Å². The molecular formula is C16H17BrO2. The van der Waals surface area contributed by atoms with Gasteiger partial charge >= 0.3 is 0 Å². The molecule has 2 aromatic carbocycles. The molecule has 1 N–H and O–H groups in total. The van der Waals surface area contributed by atoms with E-state index in [0.29, 0.717) is 5.75 Å². The molecule has 2 nitrogen and oxygen atoms in total. The first kappa shape index (κ1) is 12.9. The maximum Gasteiger partial charge on any atom is 0.139 e. The van der Waals surface area contributed by atoms with Crippen molar-refractivity contribution in [3.8, 4) is 5.75 Å². The van der Waals surface area contributed by atoms with Crippen molar-refractivity contribution in [1.82, 2.24) is 0 Å². The number of benzene rings is 2. The number of phenolic OH excluding ortho intramolecular Hbond substituents is 1. The highest BCUT2D eigenvalue weighted by molar-refractivity contribution is 9.09. The van der Waals surface area contributed by atoms with Gasteiger partial charge in [0.2, 0.25) is 0 Å². The molecule has 100 valence electrons. The lowest BCUT2D eigenvalue weighted by atomic mass is 9.85. The van der Waals surface area contributed by atoms with Gasteiger partial charge in [0.25, 0.3) is 0 Å². The van der Waals surface area contributed by atoms with Gasteiger partial charge in [0.15, 0.2) is 0 Å². The molecule has 0 radical (unpaired) electrons. The first-order valence-corrected chi connectivity index (χ1v) is 7.61. The average molecular weight is 321 g/mol. The van der Waals surface area contributed by atoms with Crippen molar-refractivity contribution in [2.75, 3.05) is 0 Å². The van der Waals surface area contributed by atoms with E-state index in [0.717, 1.165) is 34.7 Å². The Bertz CT molecular complexity index is 632. The zero-order chi connectivity index (χ0) is 13.6. The first-order valence-electron chi connectivity index (χ1n) is 6.70. The molecule has 19 heavy (non-hydrogen) atoms. The third-order valence-corrected chi connectivity index (χ3v) is 4.90. The summed E-state index contributed by atoms with van der Waals surface area (Å²) in [6.07, 6.45) is 1.80. The van der Waals surface area contributed by atoms with Crippen LogP contribution in [0, 0.1) is 0 Å². The van der Waals surface area contributed by atoms with Crippen LogP contribution in [0.15, 0.2) is 30.3 Å². The summed E-state index contributed by atoms with van der Waals surface area (Å²) in [6, 6.07) is 9.82. The molecule has 2 aromatic rings. The maximum absolute atomic E-state index is 10.3. The fourth-order valence-corrected chi connectivity index (χ4v) is 3.97. The number of hydrogen-bond acceptors (Lipinski definition) is 2. The van der Waals surface area contributed by atoms with Crippen molar-refractivity contribution in [3.05, 3.63) is 41.5 Å². The van der Waals surface area contributed by atoms with Crippen LogP contribution in [0.3, 0.4) is 0 Å². The van der Waals surface area contributed by atoms with Crippen LogP contribution in [0.1, 0.15) is 42.8 Å². The summed E-state index contributed by atoms with van der Waals surface area (Å²) in [5, 5.41) is 12.1. The highest BCUT2D eigenvalue weighted by Gasteiger charge is 2.42. The zero-order valence-electron chi connectivity index (χ0n) is 11.1. The van der Waals surface area contributed by atoms with E-state index in [4.69, 9.17) is 4.74 Å². The highest BCUT2D eigenvalue weighted by atomic mass is 79.9. The standard InChI is InChI=1S/C16H17BrO2/c1-3-16(4-2)12-9-13(18)10-7-5-6-8-11(10)14(12)15(17)19-16/h5-9,15,18H,3-4H2,1-2H3. The minimum Gasteiger partial charge on any atom is -0.507 e. The second kappa shape index (κ2) is 4.50. The van der Waals surface area contributed by atoms with Crippen LogP contribution in [-0.4, -0.2) is 5.11 Å². The number of ether oxygens (including phenoxy) is 1. The minimum atomic E-state index is -0.287. The van der Waals surface area contributed by atoms with Gasteiger partial charge in [-0.2, -0.15) is 0 Å². The molecular weight excluding hydrogens is 304 g/mol. The maximum atomic E-state index is 10.3. The lowest BCUT2D eigenvalue weighted by molar-refractivity contribution is -0.0454. The van der Waals surface area contributed by atoms with Gasteiger partial charge in [-0.15, -0.1) is 0 Å². The molecule has 1 aliphatic heterocycles. The third kappa shape index (κ3) is 1.72. The van der Waals surface area contributed by atoms with E-state index in [1.807, 2.05) is 30.3 Å². The molecule has 3 rings (SSSR count). The molecule has 1 atom stereocenters. The van der Waals surface area contributed by atoms with E-state index >= 15 is 0 Å². The van der Waals surface area contributed by atoms with Crippen molar-refractivity contribution >= 4 is 26.7 Å². The van der Waals surface area contributed by atoms with Gasteiger partial charge in [-0.25, -0.2) is 0 Å². The van der Waals surface area contributed by atoms with Gasteiger partial charge in [0, 0.05) is 10.9 Å². The van der Waals surface area contributed by atoms with Gasteiger partial charge in [0.1, 0.15) is 10.8 Å². The molecule has 0 amide bonds. The molecule has 0 saturated heterocycles. The Kier molecular flexibility index (Phi) is 3.06. The molecule has 1 heterocycles. The summed E-state index contributed by atoms with van der Waals surface area (Å²) in [4.78, 5) is 0. The molecule has 1 unspecified atom stereocenters. The van der Waals surface area contributed by atoms with Crippen LogP contribution in [0.4, 0.5) is 0 Å². The number of fused-ring (bicyclic) bond motifs is 3. The quantitative estimate of drug-likeness (QED) is 0.790. The number of alkyl halides is 1. The van der Waals surface area contributed by atoms with Gasteiger partial charge < -0.3 is 9.84 Å². The molecule has 1 aliphatic rings. The summed E-state index contributed by atoms with van der Waals surface area (Å²) in [7, 11) is 0. The third-order valence-electron chi connectivity index (χ3n) is 4.25. The highest BCUT2D eigenvalue weighted by Crippen LogP contribution is 2.53. The van der Waals surface area contributed by atoms with Gasteiger partial charge in [-0.1, -0.05) is 54.0 Å². The lowest BCUT2D eigenvalue weighted by Gasteiger charge is -2.27. The normalized spacial score (nSPS) is 20.7. The van der Waals surface area contributed by atoms with Crippen LogP contribution in [0.25, 0.3) is 10.8 Å². The van der Waals surface area contributed by atoms with Gasteiger partial charge in [0.05, 0.1) is 5.60 Å². The lowest BCUT2D eigenvalue weighted by Crippen LogP contribution is -2.23. The molecule has 0 bridgehead atoms. The first-order chi connectivity index (χ1) is 9.13. The number of halogens is 1. The van der Waals surface area contributed by atoms with E-state index in [1.54, 1.807) is 0 Å². The summed E-state index contributed by atoms with van der Waals surface area (Å²) < 4.78 is 6.19. The van der Waals surface area contributed by atoms with E-state index in [9.17, 15) is 5.11 Å². The van der Waals surface area contributed by atoms with Crippen molar-refractivity contribution in [1.29, 1.82) is 0 Å². The van der Waals surface area contributed by atoms with Crippen LogP contribution in [-0.2, 0) is 10.3 Å². The Labute approximate surface area is 121 Å². The van der Waals surface area contributed by atoms with Gasteiger partial charge in [-0.3, -0.25) is 0 Å². The Hall–Kier alpha value is -1.06. The van der Waals surface area contributed by atoms with Gasteiger partial charge in [-0.05, 0) is 29.9 Å². The molecule has 0 saturated carbocycles. The summed E-state index contributed by atoms with van der Waals surface area (Å²) in [6.45, 7) is 4.26. The van der Waals surface area contributed by atoms with Crippen molar-refractivity contribution in [2.45, 2.75) is 37.3 Å². The molecule has 0 aliphatic carbocycles. The van der Waals surface area contributed by atoms with E-state index in [-0.39, 0.29) is 10.6 Å². The topological polar surface area (TPSA) is 29.5 Å². The van der Waals surface area contributed by atoms with Crippen LogP contribution >= 0.6 is 15.9 Å².